The molecule has 6 heteroatoms. The molecular weight excluding hydrogens is 306 g/mol. The second-order valence-electron chi connectivity index (χ2n) is 7.26. The predicted octanol–water partition coefficient (Wildman–Crippen LogP) is 1.25. The molecule has 2 fully saturated rings. The lowest BCUT2D eigenvalue weighted by molar-refractivity contribution is -0.122. The molecule has 6 nitrogen and oxygen atoms in total. The van der Waals surface area contributed by atoms with E-state index in [1.807, 2.05) is 13.0 Å². The first-order chi connectivity index (χ1) is 11.6. The molecule has 1 N–H and O–H groups in total. The molecular formula is C18H29N3O3. The maximum absolute atomic E-state index is 11.8. The van der Waals surface area contributed by atoms with Gasteiger partial charge in [0.25, 0.3) is 0 Å². The van der Waals surface area contributed by atoms with Crippen molar-refractivity contribution in [1.82, 2.24) is 15.1 Å². The number of carbonyl (C=O) groups excluding carboxylic acids is 1. The van der Waals surface area contributed by atoms with Crippen molar-refractivity contribution >= 4 is 5.91 Å². The first kappa shape index (κ1) is 17.5. The minimum atomic E-state index is 0.0748. The van der Waals surface area contributed by atoms with E-state index in [1.165, 1.54) is 0 Å². The van der Waals surface area contributed by atoms with E-state index >= 15 is 0 Å². The summed E-state index contributed by atoms with van der Waals surface area (Å²) in [6.07, 6.45) is 2.32. The summed E-state index contributed by atoms with van der Waals surface area (Å²) in [6.45, 7) is 8.62. The van der Waals surface area contributed by atoms with Crippen molar-refractivity contribution in [1.29, 1.82) is 0 Å². The van der Waals surface area contributed by atoms with Crippen molar-refractivity contribution in [3.8, 4) is 0 Å². The number of nitrogens with zero attached hydrogens (tertiary/aromatic N) is 2. The molecule has 0 radical (unpaired) electrons. The van der Waals surface area contributed by atoms with Crippen LogP contribution in [0, 0.1) is 12.3 Å². The lowest BCUT2D eigenvalue weighted by Gasteiger charge is -2.43. The molecule has 0 saturated carbocycles. The highest BCUT2D eigenvalue weighted by molar-refractivity contribution is 5.77. The quantitative estimate of drug-likeness (QED) is 0.897. The van der Waals surface area contributed by atoms with Gasteiger partial charge in [0, 0.05) is 32.1 Å². The molecule has 1 aromatic heterocycles. The van der Waals surface area contributed by atoms with E-state index in [0.29, 0.717) is 13.2 Å². The molecule has 1 aromatic rings. The Morgan fingerprint density at radius 1 is 1.29 bits per heavy atom. The molecule has 0 aromatic carbocycles. The van der Waals surface area contributed by atoms with Crippen LogP contribution in [0.1, 0.15) is 24.4 Å². The fraction of sp³-hybridized carbons (Fsp3) is 0.722. The van der Waals surface area contributed by atoms with Crippen molar-refractivity contribution in [3.05, 3.63) is 23.7 Å². The number of rotatable bonds is 4. The molecule has 2 saturated heterocycles. The van der Waals surface area contributed by atoms with Gasteiger partial charge in [-0.15, -0.1) is 0 Å². The van der Waals surface area contributed by atoms with Crippen LogP contribution in [-0.4, -0.2) is 68.7 Å². The Balaban J connectivity index is 1.64. The average Bonchev–Trinajstić information content (AvgIpc) is 2.86. The molecule has 1 amide bonds. The lowest BCUT2D eigenvalue weighted by atomic mass is 9.80. The fourth-order valence-electron chi connectivity index (χ4n) is 3.98. The number of carbonyl (C=O) groups is 1. The number of likely N-dealkylation sites (tertiary alicyclic amines) is 1. The van der Waals surface area contributed by atoms with Crippen LogP contribution in [0.25, 0.3) is 0 Å². The Kier molecular flexibility index (Phi) is 5.58. The summed E-state index contributed by atoms with van der Waals surface area (Å²) in [7, 11) is 1.69. The van der Waals surface area contributed by atoms with Gasteiger partial charge in [-0.25, -0.2) is 0 Å². The zero-order chi connectivity index (χ0) is 17.0. The van der Waals surface area contributed by atoms with Gasteiger partial charge in [-0.05, 0) is 38.4 Å². The van der Waals surface area contributed by atoms with Crippen LogP contribution in [0.15, 0.2) is 16.5 Å². The predicted molar refractivity (Wildman–Crippen MR) is 91.7 cm³/mol. The van der Waals surface area contributed by atoms with E-state index in [0.717, 1.165) is 63.7 Å². The Morgan fingerprint density at radius 3 is 2.88 bits per heavy atom. The van der Waals surface area contributed by atoms with Gasteiger partial charge in [-0.2, -0.15) is 0 Å². The Bertz CT molecular complexity index is 559. The summed E-state index contributed by atoms with van der Waals surface area (Å²) in [4.78, 5) is 16.5. The number of nitrogens with one attached hydrogen (secondary N) is 1. The third kappa shape index (κ3) is 4.37. The number of aryl methyl sites for hydroxylation is 1. The second kappa shape index (κ2) is 7.68. The number of piperidine rings is 1. The van der Waals surface area contributed by atoms with E-state index in [-0.39, 0.29) is 11.3 Å². The summed E-state index contributed by atoms with van der Waals surface area (Å²) >= 11 is 0. The van der Waals surface area contributed by atoms with Crippen LogP contribution < -0.4 is 5.32 Å². The minimum absolute atomic E-state index is 0.0748. The largest absolute Gasteiger partial charge is 0.465 e. The summed E-state index contributed by atoms with van der Waals surface area (Å²) in [5.74, 6) is 2.07. The Morgan fingerprint density at radius 2 is 2.12 bits per heavy atom. The highest BCUT2D eigenvalue weighted by atomic mass is 16.5. The van der Waals surface area contributed by atoms with Gasteiger partial charge in [0.2, 0.25) is 5.91 Å². The number of amides is 1. The fourth-order valence-corrected chi connectivity index (χ4v) is 3.98. The van der Waals surface area contributed by atoms with E-state index in [1.54, 1.807) is 7.05 Å². The van der Waals surface area contributed by atoms with E-state index in [2.05, 4.69) is 21.2 Å². The highest BCUT2D eigenvalue weighted by Gasteiger charge is 2.39. The number of likely N-dealkylation sites (N-methyl/N-ethyl adjacent to an activating group) is 1. The van der Waals surface area contributed by atoms with Gasteiger partial charge >= 0.3 is 0 Å². The molecule has 24 heavy (non-hydrogen) atoms. The highest BCUT2D eigenvalue weighted by Crippen LogP contribution is 2.33. The van der Waals surface area contributed by atoms with Crippen LogP contribution in [0.4, 0.5) is 0 Å². The van der Waals surface area contributed by atoms with Gasteiger partial charge in [-0.3, -0.25) is 14.6 Å². The summed E-state index contributed by atoms with van der Waals surface area (Å²) in [6, 6.07) is 4.09. The molecule has 134 valence electrons. The van der Waals surface area contributed by atoms with E-state index in [9.17, 15) is 4.79 Å². The molecule has 1 unspecified atom stereocenters. The standard InChI is InChI=1S/C18H29N3O3/c1-15-4-5-16(24-15)10-20-7-3-6-18(12-20)13-21(8-9-23-14-18)11-17(22)19-2/h4-5H,3,6-14H2,1-2H3,(H,19,22). The van der Waals surface area contributed by atoms with Gasteiger partial charge in [0.15, 0.2) is 0 Å². The third-order valence-electron chi connectivity index (χ3n) is 5.08. The van der Waals surface area contributed by atoms with Crippen LogP contribution in [-0.2, 0) is 16.1 Å². The molecule has 3 rings (SSSR count). The van der Waals surface area contributed by atoms with Crippen molar-refractivity contribution in [2.45, 2.75) is 26.3 Å². The normalized spacial score (nSPS) is 26.4. The van der Waals surface area contributed by atoms with Crippen LogP contribution >= 0.6 is 0 Å². The van der Waals surface area contributed by atoms with Gasteiger partial charge in [0.05, 0.1) is 26.3 Å². The molecule has 1 atom stereocenters. The summed E-state index contributed by atoms with van der Waals surface area (Å²) in [5, 5.41) is 2.72. The van der Waals surface area contributed by atoms with Crippen LogP contribution in [0.3, 0.4) is 0 Å². The van der Waals surface area contributed by atoms with Gasteiger partial charge in [-0.1, -0.05) is 0 Å². The summed E-state index contributed by atoms with van der Waals surface area (Å²) in [5.41, 5.74) is 0.115. The number of hydrogen-bond acceptors (Lipinski definition) is 5. The topological polar surface area (TPSA) is 58.0 Å². The van der Waals surface area contributed by atoms with E-state index < -0.39 is 0 Å². The average molecular weight is 335 g/mol. The van der Waals surface area contributed by atoms with Gasteiger partial charge in [0.1, 0.15) is 11.5 Å². The maximum atomic E-state index is 11.8. The Hall–Kier alpha value is -1.37. The number of hydrogen-bond donors (Lipinski definition) is 1. The van der Waals surface area contributed by atoms with Crippen molar-refractivity contribution in [2.75, 3.05) is 53.0 Å². The van der Waals surface area contributed by atoms with Gasteiger partial charge < -0.3 is 14.5 Å². The van der Waals surface area contributed by atoms with Crippen LogP contribution in [0.5, 0.6) is 0 Å². The zero-order valence-electron chi connectivity index (χ0n) is 14.8. The zero-order valence-corrected chi connectivity index (χ0v) is 14.8. The molecule has 0 bridgehead atoms. The summed E-state index contributed by atoms with van der Waals surface area (Å²) < 4.78 is 11.7. The monoisotopic (exact) mass is 335 g/mol. The molecule has 3 heterocycles. The van der Waals surface area contributed by atoms with Crippen molar-refractivity contribution < 1.29 is 13.9 Å². The minimum Gasteiger partial charge on any atom is -0.465 e. The molecule has 2 aliphatic rings. The molecule has 2 aliphatic heterocycles. The second-order valence-corrected chi connectivity index (χ2v) is 7.26. The first-order valence-electron chi connectivity index (χ1n) is 8.87. The smallest absolute Gasteiger partial charge is 0.233 e. The van der Waals surface area contributed by atoms with Crippen molar-refractivity contribution in [2.24, 2.45) is 5.41 Å². The third-order valence-corrected chi connectivity index (χ3v) is 5.08. The first-order valence-corrected chi connectivity index (χ1v) is 8.87. The maximum Gasteiger partial charge on any atom is 0.233 e. The SMILES string of the molecule is CNC(=O)CN1CCOCC2(CCCN(Cc3ccc(C)o3)C2)C1. The van der Waals surface area contributed by atoms with Crippen LogP contribution in [0.2, 0.25) is 0 Å². The van der Waals surface area contributed by atoms with Crippen molar-refractivity contribution in [3.63, 3.8) is 0 Å². The Labute approximate surface area is 144 Å². The number of furan rings is 1. The number of ether oxygens (including phenoxy) is 1. The molecule has 1 spiro atoms. The molecule has 0 aliphatic carbocycles. The lowest BCUT2D eigenvalue weighted by Crippen LogP contribution is -2.51. The van der Waals surface area contributed by atoms with E-state index in [4.69, 9.17) is 9.15 Å².